The fourth-order valence-corrected chi connectivity index (χ4v) is 8.20. The van der Waals surface area contributed by atoms with Gasteiger partial charge in [-0.1, -0.05) is 13.8 Å². The highest BCUT2D eigenvalue weighted by molar-refractivity contribution is 5.10. The zero-order valence-electron chi connectivity index (χ0n) is 15.6. The Labute approximate surface area is 143 Å². The van der Waals surface area contributed by atoms with Gasteiger partial charge in [0.15, 0.2) is 0 Å². The van der Waals surface area contributed by atoms with E-state index in [2.05, 4.69) is 20.8 Å². The van der Waals surface area contributed by atoms with Crippen LogP contribution < -0.4 is 11.5 Å². The van der Waals surface area contributed by atoms with Gasteiger partial charge in [-0.3, -0.25) is 0 Å². The van der Waals surface area contributed by atoms with Crippen molar-refractivity contribution in [3.05, 3.63) is 0 Å². The van der Waals surface area contributed by atoms with Crippen LogP contribution in [0.25, 0.3) is 0 Å². The van der Waals surface area contributed by atoms with Gasteiger partial charge in [-0.2, -0.15) is 0 Å². The van der Waals surface area contributed by atoms with E-state index < -0.39 is 0 Å². The van der Waals surface area contributed by atoms with E-state index in [-0.39, 0.29) is 0 Å². The van der Waals surface area contributed by atoms with E-state index in [0.29, 0.717) is 22.9 Å². The van der Waals surface area contributed by atoms with Crippen LogP contribution in [0.2, 0.25) is 0 Å². The minimum absolute atomic E-state index is 0.376. The van der Waals surface area contributed by atoms with Gasteiger partial charge in [-0.15, -0.1) is 0 Å². The molecule has 4 fully saturated rings. The summed E-state index contributed by atoms with van der Waals surface area (Å²) < 4.78 is 0. The van der Waals surface area contributed by atoms with E-state index in [1.54, 1.807) is 0 Å². The Kier molecular flexibility index (Phi) is 3.89. The molecule has 0 spiro atoms. The predicted molar refractivity (Wildman–Crippen MR) is 96.8 cm³/mol. The summed E-state index contributed by atoms with van der Waals surface area (Å²) in [5.74, 6) is 4.57. The van der Waals surface area contributed by atoms with E-state index in [0.717, 1.165) is 29.6 Å². The molecule has 0 saturated heterocycles. The number of nitrogens with two attached hydrogens (primary N) is 2. The quantitative estimate of drug-likeness (QED) is 0.756. The minimum Gasteiger partial charge on any atom is -0.328 e. The van der Waals surface area contributed by atoms with Crippen molar-refractivity contribution >= 4 is 0 Å². The second-order valence-corrected chi connectivity index (χ2v) is 10.3. The molecule has 4 rings (SSSR count). The Morgan fingerprint density at radius 2 is 1.57 bits per heavy atom. The van der Waals surface area contributed by atoms with Crippen molar-refractivity contribution in [2.75, 3.05) is 0 Å². The molecule has 0 heterocycles. The Hall–Kier alpha value is -0.0800. The van der Waals surface area contributed by atoms with E-state index in [1.165, 1.54) is 57.8 Å². The SMILES string of the molecule is CC(N)[C@H]1CC[C@H]2[C@@H]3CC[C@H]4C[C@@H](N)CC[C@]4(C)[C@H]3CC[C@]12C. The van der Waals surface area contributed by atoms with Crippen LogP contribution in [0.3, 0.4) is 0 Å². The van der Waals surface area contributed by atoms with Gasteiger partial charge in [0.2, 0.25) is 0 Å². The van der Waals surface area contributed by atoms with Crippen LogP contribution >= 0.6 is 0 Å². The van der Waals surface area contributed by atoms with Crippen LogP contribution in [0.1, 0.15) is 78.6 Å². The first-order valence-corrected chi connectivity index (χ1v) is 10.4. The van der Waals surface area contributed by atoms with Gasteiger partial charge in [-0.05, 0) is 105 Å². The van der Waals surface area contributed by atoms with E-state index in [9.17, 15) is 0 Å². The number of rotatable bonds is 1. The lowest BCUT2D eigenvalue weighted by atomic mass is 9.44. The normalized spacial score (nSPS) is 57.3. The maximum Gasteiger partial charge on any atom is 0.00440 e. The first-order chi connectivity index (χ1) is 10.9. The molecule has 0 aliphatic heterocycles. The van der Waals surface area contributed by atoms with Gasteiger partial charge in [0.25, 0.3) is 0 Å². The van der Waals surface area contributed by atoms with Crippen molar-refractivity contribution in [2.45, 2.75) is 90.6 Å². The first-order valence-electron chi connectivity index (χ1n) is 10.4. The van der Waals surface area contributed by atoms with Crippen LogP contribution in [0, 0.1) is 40.4 Å². The fourth-order valence-electron chi connectivity index (χ4n) is 8.20. The molecule has 0 aromatic heterocycles. The van der Waals surface area contributed by atoms with Gasteiger partial charge in [0.1, 0.15) is 0 Å². The molecule has 2 nitrogen and oxygen atoms in total. The third-order valence-electron chi connectivity index (χ3n) is 9.41. The molecular weight excluding hydrogens is 280 g/mol. The Morgan fingerprint density at radius 1 is 0.870 bits per heavy atom. The summed E-state index contributed by atoms with van der Waals surface area (Å²) >= 11 is 0. The summed E-state index contributed by atoms with van der Waals surface area (Å²) in [6, 6.07) is 0.855. The average molecular weight is 319 g/mol. The number of hydrogen-bond acceptors (Lipinski definition) is 2. The molecule has 0 aromatic rings. The number of fused-ring (bicyclic) bond motifs is 5. The molecule has 4 N–H and O–H groups in total. The highest BCUT2D eigenvalue weighted by atomic mass is 14.7. The molecular formula is C21H38N2. The third kappa shape index (κ3) is 2.27. The first kappa shape index (κ1) is 16.4. The molecule has 4 aliphatic carbocycles. The maximum atomic E-state index is 6.39. The predicted octanol–water partition coefficient (Wildman–Crippen LogP) is 4.32. The van der Waals surface area contributed by atoms with E-state index >= 15 is 0 Å². The van der Waals surface area contributed by atoms with Gasteiger partial charge in [-0.25, -0.2) is 0 Å². The van der Waals surface area contributed by atoms with Crippen molar-refractivity contribution in [3.8, 4) is 0 Å². The topological polar surface area (TPSA) is 52.0 Å². The van der Waals surface area contributed by atoms with Crippen molar-refractivity contribution in [3.63, 3.8) is 0 Å². The Balaban J connectivity index is 1.60. The molecule has 1 unspecified atom stereocenters. The summed E-state index contributed by atoms with van der Waals surface area (Å²) in [6.07, 6.45) is 12.6. The second-order valence-electron chi connectivity index (χ2n) is 10.3. The standard InChI is InChI=1S/C21H38N2/c1-13(22)17-6-7-18-16-5-4-14-12-15(23)8-10-20(14,2)19(16)9-11-21(17,18)3/h13-19H,4-12,22-23H2,1-3H3/t13?,14-,15-,16-,17+,18-,19-,20-,21+/m0/s1. The molecule has 0 radical (unpaired) electrons. The van der Waals surface area contributed by atoms with Crippen LogP contribution in [-0.4, -0.2) is 12.1 Å². The van der Waals surface area contributed by atoms with E-state index in [1.807, 2.05) is 0 Å². The lowest BCUT2D eigenvalue weighted by molar-refractivity contribution is -0.114. The van der Waals surface area contributed by atoms with Gasteiger partial charge >= 0.3 is 0 Å². The zero-order chi connectivity index (χ0) is 16.4. The lowest BCUT2D eigenvalue weighted by Gasteiger charge is -2.61. The Morgan fingerprint density at radius 3 is 2.30 bits per heavy atom. The lowest BCUT2D eigenvalue weighted by Crippen LogP contribution is -2.55. The minimum atomic E-state index is 0.376. The van der Waals surface area contributed by atoms with Crippen molar-refractivity contribution in [1.29, 1.82) is 0 Å². The molecule has 0 bridgehead atoms. The van der Waals surface area contributed by atoms with Crippen LogP contribution in [-0.2, 0) is 0 Å². The zero-order valence-corrected chi connectivity index (χ0v) is 15.6. The summed E-state index contributed by atoms with van der Waals surface area (Å²) in [6.45, 7) is 7.49. The summed E-state index contributed by atoms with van der Waals surface area (Å²) in [5.41, 5.74) is 13.8. The molecule has 0 aromatic carbocycles. The molecule has 0 amide bonds. The molecule has 4 saturated carbocycles. The van der Waals surface area contributed by atoms with Gasteiger partial charge in [0, 0.05) is 12.1 Å². The Bertz CT molecular complexity index is 461. The van der Waals surface area contributed by atoms with Gasteiger partial charge < -0.3 is 11.5 Å². The molecule has 9 atom stereocenters. The fraction of sp³-hybridized carbons (Fsp3) is 1.00. The second kappa shape index (κ2) is 5.46. The average Bonchev–Trinajstić information content (AvgIpc) is 2.85. The molecule has 4 aliphatic rings. The van der Waals surface area contributed by atoms with Crippen LogP contribution in [0.4, 0.5) is 0 Å². The molecule has 23 heavy (non-hydrogen) atoms. The summed E-state index contributed by atoms with van der Waals surface area (Å²) in [7, 11) is 0. The molecule has 2 heteroatoms. The monoisotopic (exact) mass is 318 g/mol. The highest BCUT2D eigenvalue weighted by Gasteiger charge is 2.60. The van der Waals surface area contributed by atoms with E-state index in [4.69, 9.17) is 11.5 Å². The van der Waals surface area contributed by atoms with Crippen LogP contribution in [0.5, 0.6) is 0 Å². The third-order valence-corrected chi connectivity index (χ3v) is 9.41. The van der Waals surface area contributed by atoms with Gasteiger partial charge in [0.05, 0.1) is 0 Å². The summed E-state index contributed by atoms with van der Waals surface area (Å²) in [4.78, 5) is 0. The molecule has 132 valence electrons. The van der Waals surface area contributed by atoms with Crippen LogP contribution in [0.15, 0.2) is 0 Å². The van der Waals surface area contributed by atoms with Crippen molar-refractivity contribution < 1.29 is 0 Å². The number of hydrogen-bond donors (Lipinski definition) is 2. The summed E-state index contributed by atoms with van der Waals surface area (Å²) in [5, 5.41) is 0. The maximum absolute atomic E-state index is 6.39. The largest absolute Gasteiger partial charge is 0.328 e. The van der Waals surface area contributed by atoms with Crippen molar-refractivity contribution in [1.82, 2.24) is 0 Å². The highest BCUT2D eigenvalue weighted by Crippen LogP contribution is 2.67. The smallest absolute Gasteiger partial charge is 0.00440 e. The van der Waals surface area contributed by atoms with Crippen molar-refractivity contribution in [2.24, 2.45) is 51.9 Å².